The molecule has 2 N–H and O–H groups in total. The molecule has 1 aromatic carbocycles. The Morgan fingerprint density at radius 1 is 1.33 bits per heavy atom. The van der Waals surface area contributed by atoms with Gasteiger partial charge in [0.15, 0.2) is 5.76 Å². The largest absolute Gasteiger partial charge is 0.356 e. The summed E-state index contributed by atoms with van der Waals surface area (Å²) >= 11 is 0. The van der Waals surface area contributed by atoms with Gasteiger partial charge in [0, 0.05) is 42.2 Å². The predicted octanol–water partition coefficient (Wildman–Crippen LogP) is 2.33. The molecule has 4 heteroatoms. The van der Waals surface area contributed by atoms with E-state index in [0.717, 1.165) is 23.4 Å². The molecule has 0 atom stereocenters. The topological polar surface area (TPSA) is 57.0 Å². The average Bonchev–Trinajstić information content (AvgIpc) is 2.96. The summed E-state index contributed by atoms with van der Waals surface area (Å²) < 4.78 is 7.50. The van der Waals surface area contributed by atoms with Gasteiger partial charge in [-0.05, 0) is 12.6 Å². The number of aryl methyl sites for hydroxylation is 1. The van der Waals surface area contributed by atoms with Crippen molar-refractivity contribution < 1.29 is 4.52 Å². The van der Waals surface area contributed by atoms with Gasteiger partial charge in [-0.2, -0.15) is 0 Å². The van der Waals surface area contributed by atoms with E-state index in [1.54, 1.807) is 0 Å². The third kappa shape index (κ3) is 1.71. The van der Waals surface area contributed by atoms with Crippen LogP contribution in [0.1, 0.15) is 5.69 Å². The molecule has 2 heterocycles. The summed E-state index contributed by atoms with van der Waals surface area (Å²) in [5.74, 6) is 0.801. The lowest BCUT2D eigenvalue weighted by Gasteiger charge is -1.93. The second-order valence-corrected chi connectivity index (χ2v) is 4.39. The van der Waals surface area contributed by atoms with Gasteiger partial charge in [0.2, 0.25) is 0 Å². The molecule has 0 unspecified atom stereocenters. The van der Waals surface area contributed by atoms with Crippen LogP contribution in [0, 0.1) is 0 Å². The van der Waals surface area contributed by atoms with Crippen molar-refractivity contribution in [2.45, 2.75) is 6.42 Å². The predicted molar refractivity (Wildman–Crippen MR) is 71.2 cm³/mol. The highest BCUT2D eigenvalue weighted by Crippen LogP contribution is 2.30. The van der Waals surface area contributed by atoms with Crippen LogP contribution in [0.25, 0.3) is 22.2 Å². The summed E-state index contributed by atoms with van der Waals surface area (Å²) in [6, 6.07) is 10.2. The standard InChI is InChI=1S/C14H15N3O/c1-17-9-12(11-4-2-3-5-13(11)17)14-8-10(6-7-15)16-18-14/h2-5,8-9H,6-7,15H2,1H3. The highest BCUT2D eigenvalue weighted by molar-refractivity contribution is 5.94. The minimum atomic E-state index is 0.585. The van der Waals surface area contributed by atoms with Crippen LogP contribution < -0.4 is 5.73 Å². The van der Waals surface area contributed by atoms with Crippen LogP contribution in [-0.2, 0) is 13.5 Å². The van der Waals surface area contributed by atoms with Gasteiger partial charge in [0.05, 0.1) is 5.69 Å². The van der Waals surface area contributed by atoms with Gasteiger partial charge in [-0.3, -0.25) is 0 Å². The van der Waals surface area contributed by atoms with Crippen molar-refractivity contribution in [3.05, 3.63) is 42.2 Å². The Kier molecular flexibility index (Phi) is 2.64. The van der Waals surface area contributed by atoms with Gasteiger partial charge in [0.25, 0.3) is 0 Å². The normalized spacial score (nSPS) is 11.2. The number of nitrogens with two attached hydrogens (primary N) is 1. The molecule has 0 amide bonds. The van der Waals surface area contributed by atoms with Crippen LogP contribution in [0.2, 0.25) is 0 Å². The molecule has 0 saturated heterocycles. The number of nitrogens with zero attached hydrogens (tertiary/aromatic N) is 2. The van der Waals surface area contributed by atoms with Gasteiger partial charge in [-0.15, -0.1) is 0 Å². The summed E-state index contributed by atoms with van der Waals surface area (Å²) in [7, 11) is 2.03. The fraction of sp³-hybridized carbons (Fsp3) is 0.214. The van der Waals surface area contributed by atoms with Crippen molar-refractivity contribution in [1.82, 2.24) is 9.72 Å². The number of hydrogen-bond donors (Lipinski definition) is 1. The van der Waals surface area contributed by atoms with E-state index in [1.165, 1.54) is 10.9 Å². The average molecular weight is 241 g/mol. The van der Waals surface area contributed by atoms with Gasteiger partial charge >= 0.3 is 0 Å². The molecule has 0 spiro atoms. The zero-order valence-corrected chi connectivity index (χ0v) is 10.3. The fourth-order valence-corrected chi connectivity index (χ4v) is 2.24. The molecule has 0 saturated carbocycles. The second kappa shape index (κ2) is 4.31. The first-order chi connectivity index (χ1) is 8.79. The summed E-state index contributed by atoms with van der Waals surface area (Å²) in [4.78, 5) is 0. The third-order valence-electron chi connectivity index (χ3n) is 3.12. The number of aromatic nitrogens is 2. The van der Waals surface area contributed by atoms with E-state index in [-0.39, 0.29) is 0 Å². The molecular weight excluding hydrogens is 226 g/mol. The van der Waals surface area contributed by atoms with E-state index in [0.29, 0.717) is 6.54 Å². The number of fused-ring (bicyclic) bond motifs is 1. The molecule has 3 aromatic rings. The molecular formula is C14H15N3O. The van der Waals surface area contributed by atoms with E-state index in [2.05, 4.69) is 28.1 Å². The van der Waals surface area contributed by atoms with Crippen molar-refractivity contribution in [2.24, 2.45) is 12.8 Å². The Morgan fingerprint density at radius 2 is 2.17 bits per heavy atom. The van der Waals surface area contributed by atoms with Crippen molar-refractivity contribution in [1.29, 1.82) is 0 Å². The summed E-state index contributed by atoms with van der Waals surface area (Å²) in [5.41, 5.74) is 8.68. The van der Waals surface area contributed by atoms with Crippen LogP contribution in [0.15, 0.2) is 41.1 Å². The Hall–Kier alpha value is -2.07. The zero-order valence-electron chi connectivity index (χ0n) is 10.3. The fourth-order valence-electron chi connectivity index (χ4n) is 2.24. The van der Waals surface area contributed by atoms with E-state index in [9.17, 15) is 0 Å². The van der Waals surface area contributed by atoms with Crippen LogP contribution >= 0.6 is 0 Å². The SMILES string of the molecule is Cn1cc(-c2cc(CCN)no2)c2ccccc21. The highest BCUT2D eigenvalue weighted by atomic mass is 16.5. The summed E-state index contributed by atoms with van der Waals surface area (Å²) in [6.45, 7) is 0.585. The minimum Gasteiger partial charge on any atom is -0.356 e. The molecule has 4 nitrogen and oxygen atoms in total. The number of para-hydroxylation sites is 1. The molecule has 0 aliphatic carbocycles. The molecule has 92 valence electrons. The molecule has 0 bridgehead atoms. The van der Waals surface area contributed by atoms with Crippen LogP contribution in [0.5, 0.6) is 0 Å². The van der Waals surface area contributed by atoms with Crippen LogP contribution in [-0.4, -0.2) is 16.3 Å². The third-order valence-corrected chi connectivity index (χ3v) is 3.12. The molecule has 3 rings (SSSR count). The van der Waals surface area contributed by atoms with Gasteiger partial charge < -0.3 is 14.8 Å². The number of rotatable bonds is 3. The smallest absolute Gasteiger partial charge is 0.169 e. The second-order valence-electron chi connectivity index (χ2n) is 4.39. The molecule has 0 aliphatic rings. The van der Waals surface area contributed by atoms with Crippen LogP contribution in [0.3, 0.4) is 0 Å². The lowest BCUT2D eigenvalue weighted by atomic mass is 10.1. The van der Waals surface area contributed by atoms with Gasteiger partial charge in [-0.25, -0.2) is 0 Å². The molecule has 18 heavy (non-hydrogen) atoms. The molecule has 0 aliphatic heterocycles. The summed E-state index contributed by atoms with van der Waals surface area (Å²) in [6.07, 6.45) is 2.81. The molecule has 0 radical (unpaired) electrons. The lowest BCUT2D eigenvalue weighted by Crippen LogP contribution is -2.02. The van der Waals surface area contributed by atoms with Crippen molar-refractivity contribution in [3.63, 3.8) is 0 Å². The Bertz CT molecular complexity index is 681. The lowest BCUT2D eigenvalue weighted by molar-refractivity contribution is 0.424. The Labute approximate surface area is 105 Å². The summed E-state index contributed by atoms with van der Waals surface area (Å²) in [5, 5.41) is 5.21. The highest BCUT2D eigenvalue weighted by Gasteiger charge is 2.12. The zero-order chi connectivity index (χ0) is 12.5. The van der Waals surface area contributed by atoms with E-state index in [1.807, 2.05) is 25.2 Å². The van der Waals surface area contributed by atoms with Gasteiger partial charge in [0.1, 0.15) is 0 Å². The van der Waals surface area contributed by atoms with Gasteiger partial charge in [-0.1, -0.05) is 23.4 Å². The molecule has 0 fully saturated rings. The van der Waals surface area contributed by atoms with Crippen molar-refractivity contribution in [2.75, 3.05) is 6.54 Å². The van der Waals surface area contributed by atoms with Crippen LogP contribution in [0.4, 0.5) is 0 Å². The first kappa shape index (κ1) is 11.0. The molecule has 2 aromatic heterocycles. The van der Waals surface area contributed by atoms with Crippen molar-refractivity contribution in [3.8, 4) is 11.3 Å². The van der Waals surface area contributed by atoms with E-state index >= 15 is 0 Å². The first-order valence-corrected chi connectivity index (χ1v) is 5.99. The Morgan fingerprint density at radius 3 is 3.00 bits per heavy atom. The quantitative estimate of drug-likeness (QED) is 0.765. The first-order valence-electron chi connectivity index (χ1n) is 5.99. The minimum absolute atomic E-state index is 0.585. The maximum Gasteiger partial charge on any atom is 0.169 e. The Balaban J connectivity index is 2.13. The monoisotopic (exact) mass is 241 g/mol. The van der Waals surface area contributed by atoms with E-state index < -0.39 is 0 Å². The number of hydrogen-bond acceptors (Lipinski definition) is 3. The number of benzene rings is 1. The maximum absolute atomic E-state index is 5.52. The van der Waals surface area contributed by atoms with Crippen molar-refractivity contribution >= 4 is 10.9 Å². The van der Waals surface area contributed by atoms with E-state index in [4.69, 9.17) is 10.3 Å². The maximum atomic E-state index is 5.52.